The maximum atomic E-state index is 14.0. The number of rotatable bonds is 17. The Morgan fingerprint density at radius 2 is 1.37 bits per heavy atom. The minimum Gasteiger partial charge on any atom is -0.453 e. The number of hydrogen-bond donors (Lipinski definition) is 0. The standard InChI is InChI=1S/C46H78O8Si3/c1-19-24-37-39(51-43(48)33-25-22-21-23-26-33)41(53-56(15,16)45(7,8)9)42(54-57(17,18)46(10,11)12)40(50-37)38(52-55(13,14)44(4,5)6)30-28-34(47)27-29-35-31-32(3)36(20-2)49-35/h19,21-23,25-26,28,30,35-42H,1,3,20,24,27,29,31H2,2,4-18H3/b30-28+/t35?,36?,37?,38?,39?,40-,41?,42?/m0/s1. The zero-order valence-electron chi connectivity index (χ0n) is 38.5. The van der Waals surface area contributed by atoms with E-state index in [4.69, 9.17) is 27.5 Å². The fourth-order valence-corrected chi connectivity index (χ4v) is 10.3. The highest BCUT2D eigenvalue weighted by atomic mass is 28.4. The summed E-state index contributed by atoms with van der Waals surface area (Å²) in [4.78, 5) is 27.7. The molecule has 0 bridgehead atoms. The van der Waals surface area contributed by atoms with Crippen LogP contribution in [-0.4, -0.2) is 85.5 Å². The van der Waals surface area contributed by atoms with E-state index in [9.17, 15) is 9.59 Å². The summed E-state index contributed by atoms with van der Waals surface area (Å²) in [6.45, 7) is 43.6. The van der Waals surface area contributed by atoms with Crippen LogP contribution in [0.1, 0.15) is 112 Å². The van der Waals surface area contributed by atoms with Gasteiger partial charge in [0.25, 0.3) is 0 Å². The van der Waals surface area contributed by atoms with E-state index < -0.39 is 67.5 Å². The third kappa shape index (κ3) is 12.8. The molecule has 57 heavy (non-hydrogen) atoms. The molecule has 2 heterocycles. The Morgan fingerprint density at radius 1 is 0.825 bits per heavy atom. The number of ether oxygens (including phenoxy) is 3. The van der Waals surface area contributed by atoms with Crippen LogP contribution in [0.5, 0.6) is 0 Å². The normalized spacial score (nSPS) is 26.1. The highest BCUT2D eigenvalue weighted by Crippen LogP contribution is 2.46. The molecule has 1 aromatic carbocycles. The number of esters is 1. The molecule has 2 saturated heterocycles. The van der Waals surface area contributed by atoms with Gasteiger partial charge in [-0.25, -0.2) is 4.79 Å². The van der Waals surface area contributed by atoms with Crippen molar-refractivity contribution in [1.82, 2.24) is 0 Å². The van der Waals surface area contributed by atoms with Gasteiger partial charge in [0, 0.05) is 6.42 Å². The molecule has 8 atom stereocenters. The average Bonchev–Trinajstić information content (AvgIpc) is 3.45. The van der Waals surface area contributed by atoms with Gasteiger partial charge in [0.05, 0.1) is 23.9 Å². The SMILES string of the molecule is C=CCC1O[C@@H](C(/C=C/C(=O)CCC2CC(=C)C(CC)O2)O[Si](C)(C)C(C)(C)C)C(O[Si](C)(C)C(C)(C)C)C(O[Si](C)(C)C(C)(C)C)C1OC(=O)c1ccccc1. The third-order valence-electron chi connectivity index (χ3n) is 13.2. The molecule has 0 N–H and O–H groups in total. The maximum Gasteiger partial charge on any atom is 0.338 e. The van der Waals surface area contributed by atoms with Crippen molar-refractivity contribution >= 4 is 36.7 Å². The van der Waals surface area contributed by atoms with E-state index >= 15 is 0 Å². The van der Waals surface area contributed by atoms with Crippen LogP contribution in [0.2, 0.25) is 54.4 Å². The topological polar surface area (TPSA) is 89.5 Å². The molecule has 1 aromatic rings. The molecule has 7 unspecified atom stereocenters. The van der Waals surface area contributed by atoms with E-state index in [-0.39, 0.29) is 33.1 Å². The molecular formula is C46H78O8Si3. The van der Waals surface area contributed by atoms with Gasteiger partial charge in [-0.3, -0.25) is 4.79 Å². The van der Waals surface area contributed by atoms with E-state index in [2.05, 4.69) is 122 Å². The van der Waals surface area contributed by atoms with E-state index in [0.29, 0.717) is 24.8 Å². The van der Waals surface area contributed by atoms with Gasteiger partial charge in [0.2, 0.25) is 0 Å². The molecule has 0 aliphatic carbocycles. The Kier molecular flexibility index (Phi) is 16.6. The molecule has 3 rings (SSSR count). The monoisotopic (exact) mass is 843 g/mol. The average molecular weight is 843 g/mol. The van der Waals surface area contributed by atoms with Crippen molar-refractivity contribution in [3.63, 3.8) is 0 Å². The second-order valence-corrected chi connectivity index (χ2v) is 35.1. The molecule has 2 aliphatic rings. The lowest BCUT2D eigenvalue weighted by Crippen LogP contribution is -2.68. The lowest BCUT2D eigenvalue weighted by atomic mass is 9.90. The molecule has 11 heteroatoms. The third-order valence-corrected chi connectivity index (χ3v) is 26.6. The molecular weight excluding hydrogens is 765 g/mol. The number of carbonyl (C=O) groups is 2. The van der Waals surface area contributed by atoms with E-state index in [1.165, 1.54) is 0 Å². The quantitative estimate of drug-likeness (QED) is 0.0663. The van der Waals surface area contributed by atoms with Gasteiger partial charge in [0.1, 0.15) is 24.4 Å². The molecule has 0 saturated carbocycles. The Bertz CT molecular complexity index is 1550. The summed E-state index contributed by atoms with van der Waals surface area (Å²) in [5.74, 6) is -0.455. The fourth-order valence-electron chi connectivity index (χ4n) is 6.45. The summed E-state index contributed by atoms with van der Waals surface area (Å²) in [5, 5.41) is -0.476. The van der Waals surface area contributed by atoms with Gasteiger partial charge in [0.15, 0.2) is 36.8 Å². The van der Waals surface area contributed by atoms with E-state index in [0.717, 1.165) is 18.4 Å². The van der Waals surface area contributed by atoms with Crippen LogP contribution in [-0.2, 0) is 32.3 Å². The van der Waals surface area contributed by atoms with Gasteiger partial charge in [-0.15, -0.1) is 6.58 Å². The highest BCUT2D eigenvalue weighted by Gasteiger charge is 2.57. The first-order valence-corrected chi connectivity index (χ1v) is 29.9. The lowest BCUT2D eigenvalue weighted by Gasteiger charge is -2.54. The van der Waals surface area contributed by atoms with E-state index in [1.807, 2.05) is 24.3 Å². The minimum atomic E-state index is -2.56. The van der Waals surface area contributed by atoms with Crippen LogP contribution in [0.4, 0.5) is 0 Å². The zero-order chi connectivity index (χ0) is 43.4. The van der Waals surface area contributed by atoms with Crippen molar-refractivity contribution in [3.8, 4) is 0 Å². The highest BCUT2D eigenvalue weighted by molar-refractivity contribution is 6.75. The Labute approximate surface area is 349 Å². The molecule has 322 valence electrons. The zero-order valence-corrected chi connectivity index (χ0v) is 41.5. The first kappa shape index (κ1) is 49.4. The second kappa shape index (κ2) is 19.2. The molecule has 8 nitrogen and oxygen atoms in total. The molecule has 2 fully saturated rings. The van der Waals surface area contributed by atoms with Crippen molar-refractivity contribution in [3.05, 3.63) is 72.9 Å². The number of carbonyl (C=O) groups excluding carboxylic acids is 2. The van der Waals surface area contributed by atoms with Crippen LogP contribution < -0.4 is 0 Å². The fraction of sp³-hybridized carbons (Fsp3) is 0.696. The number of hydrogen-bond acceptors (Lipinski definition) is 8. The molecule has 0 amide bonds. The first-order valence-electron chi connectivity index (χ1n) is 21.1. The lowest BCUT2D eigenvalue weighted by molar-refractivity contribution is -0.227. The van der Waals surface area contributed by atoms with E-state index in [1.54, 1.807) is 24.3 Å². The molecule has 0 spiro atoms. The van der Waals surface area contributed by atoms with Gasteiger partial charge in [-0.2, -0.15) is 0 Å². The summed E-state index contributed by atoms with van der Waals surface area (Å²) in [5.41, 5.74) is 1.55. The van der Waals surface area contributed by atoms with Crippen molar-refractivity contribution < 1.29 is 37.1 Å². The summed E-state index contributed by atoms with van der Waals surface area (Å²) in [7, 11) is -7.60. The number of ketones is 1. The van der Waals surface area contributed by atoms with Crippen LogP contribution in [0.15, 0.2) is 67.3 Å². The van der Waals surface area contributed by atoms with Gasteiger partial charge >= 0.3 is 5.97 Å². The number of allylic oxidation sites excluding steroid dienone is 1. The predicted molar refractivity (Wildman–Crippen MR) is 241 cm³/mol. The Balaban J connectivity index is 2.23. The van der Waals surface area contributed by atoms with Gasteiger partial charge in [-0.1, -0.05) is 106 Å². The Hall–Kier alpha value is -1.97. The summed E-state index contributed by atoms with van der Waals surface area (Å²) < 4.78 is 42.1. The van der Waals surface area contributed by atoms with Gasteiger partial charge < -0.3 is 27.5 Å². The van der Waals surface area contributed by atoms with Crippen LogP contribution in [0.3, 0.4) is 0 Å². The van der Waals surface area contributed by atoms with Crippen molar-refractivity contribution in [2.75, 3.05) is 0 Å². The molecule has 0 radical (unpaired) electrons. The summed E-state index contributed by atoms with van der Waals surface area (Å²) in [6, 6.07) is 9.04. The van der Waals surface area contributed by atoms with Crippen molar-refractivity contribution in [2.24, 2.45) is 0 Å². The van der Waals surface area contributed by atoms with Crippen LogP contribution in [0, 0.1) is 0 Å². The Morgan fingerprint density at radius 3 is 1.86 bits per heavy atom. The summed E-state index contributed by atoms with van der Waals surface area (Å²) >= 11 is 0. The maximum absolute atomic E-state index is 14.0. The van der Waals surface area contributed by atoms with Crippen molar-refractivity contribution in [1.29, 1.82) is 0 Å². The van der Waals surface area contributed by atoms with Crippen molar-refractivity contribution in [2.45, 2.75) is 205 Å². The molecule has 0 aromatic heterocycles. The summed E-state index contributed by atoms with van der Waals surface area (Å²) in [6.07, 6.45) is 4.24. The van der Waals surface area contributed by atoms with Gasteiger partial charge in [-0.05, 0) is 104 Å². The largest absolute Gasteiger partial charge is 0.453 e. The van der Waals surface area contributed by atoms with Crippen LogP contribution >= 0.6 is 0 Å². The smallest absolute Gasteiger partial charge is 0.338 e. The predicted octanol–water partition coefficient (Wildman–Crippen LogP) is 11.8. The minimum absolute atomic E-state index is 0.00273. The van der Waals surface area contributed by atoms with Crippen LogP contribution in [0.25, 0.3) is 0 Å². The second-order valence-electron chi connectivity index (χ2n) is 20.8. The number of benzene rings is 1. The first-order chi connectivity index (χ1) is 26.0. The molecule has 2 aliphatic heterocycles.